The molecule has 0 aromatic heterocycles. The molecule has 5 heteroatoms. The number of aliphatic hydroxyl groups is 3. The summed E-state index contributed by atoms with van der Waals surface area (Å²) in [7, 11) is 0. The van der Waals surface area contributed by atoms with Gasteiger partial charge in [0.25, 0.3) is 5.79 Å². The van der Waals surface area contributed by atoms with Gasteiger partial charge in [0.05, 0.1) is 11.2 Å². The van der Waals surface area contributed by atoms with Gasteiger partial charge in [0.2, 0.25) is 11.6 Å². The zero-order chi connectivity index (χ0) is 13.7. The Morgan fingerprint density at radius 2 is 1.78 bits per heavy atom. The average Bonchev–Trinajstić information content (AvgIpc) is 2.46. The first-order valence-corrected chi connectivity index (χ1v) is 5.25. The molecule has 0 aromatic rings. The van der Waals surface area contributed by atoms with Crippen LogP contribution in [0.1, 0.15) is 6.92 Å². The number of hydrogen-bond acceptors (Lipinski definition) is 5. The second-order valence-electron chi connectivity index (χ2n) is 4.56. The van der Waals surface area contributed by atoms with E-state index in [1.807, 2.05) is 0 Å². The van der Waals surface area contributed by atoms with E-state index in [4.69, 9.17) is 0 Å². The molecule has 0 saturated heterocycles. The molecule has 3 N–H and O–H groups in total. The number of Topliss-reactive ketones (excluding diaryl/α,β-unsaturated/α-hetero) is 2. The van der Waals surface area contributed by atoms with Gasteiger partial charge in [0.15, 0.2) is 0 Å². The molecular weight excluding hydrogens is 236 g/mol. The fourth-order valence-electron chi connectivity index (χ4n) is 1.90. The lowest BCUT2D eigenvalue weighted by molar-refractivity contribution is -0.179. The SMILES string of the molecule is C=C(O)C1(C)C=CC=C2C(=O)C(O)(O)C(=O)C2=C1. The number of fused-ring (bicyclic) bond motifs is 1. The van der Waals surface area contributed by atoms with E-state index < -0.39 is 22.8 Å². The Morgan fingerprint density at radius 3 is 2.33 bits per heavy atom. The van der Waals surface area contributed by atoms with Crippen LogP contribution in [-0.4, -0.2) is 32.7 Å². The molecule has 2 aliphatic rings. The van der Waals surface area contributed by atoms with Crippen LogP contribution in [0.25, 0.3) is 0 Å². The molecule has 2 rings (SSSR count). The van der Waals surface area contributed by atoms with Gasteiger partial charge in [-0.05, 0) is 6.92 Å². The fourth-order valence-corrected chi connectivity index (χ4v) is 1.90. The summed E-state index contributed by atoms with van der Waals surface area (Å²) in [6, 6.07) is 0. The van der Waals surface area contributed by atoms with Gasteiger partial charge in [-0.25, -0.2) is 0 Å². The lowest BCUT2D eigenvalue weighted by Crippen LogP contribution is -2.40. The Hall–Kier alpha value is -1.98. The first kappa shape index (κ1) is 12.5. The molecule has 0 amide bonds. The Kier molecular flexibility index (Phi) is 2.43. The van der Waals surface area contributed by atoms with Crippen molar-refractivity contribution in [2.24, 2.45) is 5.41 Å². The van der Waals surface area contributed by atoms with E-state index in [9.17, 15) is 24.9 Å². The standard InChI is InChI=1S/C13H12O5/c1-7(14)12(2)5-3-4-8-9(6-12)11(16)13(17,18)10(8)15/h3-6,14,17-18H,1H2,2H3. The molecule has 0 radical (unpaired) electrons. The smallest absolute Gasteiger partial charge is 0.295 e. The van der Waals surface area contributed by atoms with Crippen molar-refractivity contribution in [2.45, 2.75) is 12.7 Å². The molecule has 1 unspecified atom stereocenters. The van der Waals surface area contributed by atoms with E-state index in [2.05, 4.69) is 6.58 Å². The summed E-state index contributed by atoms with van der Waals surface area (Å²) >= 11 is 0. The van der Waals surface area contributed by atoms with Gasteiger partial charge in [-0.3, -0.25) is 9.59 Å². The maximum atomic E-state index is 11.8. The molecule has 5 nitrogen and oxygen atoms in total. The zero-order valence-corrected chi connectivity index (χ0v) is 9.67. The molecule has 1 fully saturated rings. The van der Waals surface area contributed by atoms with Gasteiger partial charge >= 0.3 is 0 Å². The number of carbonyl (C=O) groups is 2. The summed E-state index contributed by atoms with van der Waals surface area (Å²) in [4.78, 5) is 23.4. The summed E-state index contributed by atoms with van der Waals surface area (Å²) < 4.78 is 0. The van der Waals surface area contributed by atoms with Gasteiger partial charge in [0, 0.05) is 11.1 Å². The predicted molar refractivity (Wildman–Crippen MR) is 62.4 cm³/mol. The molecular formula is C13H12O5. The van der Waals surface area contributed by atoms with Crippen LogP contribution in [0.2, 0.25) is 0 Å². The fraction of sp³-hybridized carbons (Fsp3) is 0.231. The van der Waals surface area contributed by atoms with E-state index in [-0.39, 0.29) is 16.9 Å². The third-order valence-electron chi connectivity index (χ3n) is 3.18. The summed E-state index contributed by atoms with van der Waals surface area (Å²) in [5.74, 6) is -5.37. The third-order valence-corrected chi connectivity index (χ3v) is 3.18. The number of aliphatic hydroxyl groups excluding tert-OH is 1. The number of ketones is 2. The highest BCUT2D eigenvalue weighted by atomic mass is 16.5. The van der Waals surface area contributed by atoms with Gasteiger partial charge in [-0.15, -0.1) is 0 Å². The van der Waals surface area contributed by atoms with E-state index in [1.54, 1.807) is 13.0 Å². The highest BCUT2D eigenvalue weighted by molar-refractivity contribution is 6.33. The first-order chi connectivity index (χ1) is 8.20. The Labute approximate surface area is 103 Å². The first-order valence-electron chi connectivity index (χ1n) is 5.25. The summed E-state index contributed by atoms with van der Waals surface area (Å²) in [5.41, 5.74) is -1.23. The largest absolute Gasteiger partial charge is 0.512 e. The molecule has 94 valence electrons. The highest BCUT2D eigenvalue weighted by Crippen LogP contribution is 2.38. The Bertz CT molecular complexity index is 562. The minimum Gasteiger partial charge on any atom is -0.512 e. The molecule has 0 aromatic carbocycles. The second-order valence-corrected chi connectivity index (χ2v) is 4.56. The van der Waals surface area contributed by atoms with Crippen LogP contribution in [0.15, 0.2) is 47.8 Å². The number of carbonyl (C=O) groups excluding carboxylic acids is 2. The van der Waals surface area contributed by atoms with Crippen molar-refractivity contribution in [1.29, 1.82) is 0 Å². The van der Waals surface area contributed by atoms with Crippen LogP contribution < -0.4 is 0 Å². The normalized spacial score (nSPS) is 29.5. The van der Waals surface area contributed by atoms with Gasteiger partial charge in [-0.1, -0.05) is 30.9 Å². The number of allylic oxidation sites excluding steroid dienone is 3. The van der Waals surface area contributed by atoms with Gasteiger partial charge < -0.3 is 15.3 Å². The quantitative estimate of drug-likeness (QED) is 0.353. The lowest BCUT2D eigenvalue weighted by Gasteiger charge is -2.20. The van der Waals surface area contributed by atoms with Crippen molar-refractivity contribution >= 4 is 11.6 Å². The van der Waals surface area contributed by atoms with Crippen molar-refractivity contribution in [2.75, 3.05) is 0 Å². The molecule has 2 aliphatic carbocycles. The second kappa shape index (κ2) is 3.51. The van der Waals surface area contributed by atoms with Crippen LogP contribution in [0.4, 0.5) is 0 Å². The predicted octanol–water partition coefficient (Wildman–Crippen LogP) is 0.320. The van der Waals surface area contributed by atoms with Gasteiger partial charge in [0.1, 0.15) is 0 Å². The molecule has 0 aliphatic heterocycles. The molecule has 1 saturated carbocycles. The molecule has 0 spiro atoms. The van der Waals surface area contributed by atoms with Crippen molar-refractivity contribution in [3.8, 4) is 0 Å². The van der Waals surface area contributed by atoms with Crippen LogP contribution in [0.5, 0.6) is 0 Å². The molecule has 1 atom stereocenters. The lowest BCUT2D eigenvalue weighted by atomic mass is 9.86. The molecule has 0 bridgehead atoms. The number of hydrogen-bond donors (Lipinski definition) is 3. The zero-order valence-electron chi connectivity index (χ0n) is 9.67. The minimum atomic E-state index is -3.01. The maximum Gasteiger partial charge on any atom is 0.295 e. The Morgan fingerprint density at radius 1 is 1.22 bits per heavy atom. The van der Waals surface area contributed by atoms with Crippen molar-refractivity contribution in [3.05, 3.63) is 47.8 Å². The van der Waals surface area contributed by atoms with Crippen LogP contribution in [0.3, 0.4) is 0 Å². The average molecular weight is 248 g/mol. The van der Waals surface area contributed by atoms with Crippen LogP contribution >= 0.6 is 0 Å². The van der Waals surface area contributed by atoms with E-state index >= 15 is 0 Å². The van der Waals surface area contributed by atoms with Gasteiger partial charge in [-0.2, -0.15) is 0 Å². The molecule has 0 heterocycles. The molecule has 18 heavy (non-hydrogen) atoms. The topological polar surface area (TPSA) is 94.8 Å². The monoisotopic (exact) mass is 248 g/mol. The summed E-state index contributed by atoms with van der Waals surface area (Å²) in [5, 5.41) is 28.4. The van der Waals surface area contributed by atoms with Crippen molar-refractivity contribution in [1.82, 2.24) is 0 Å². The van der Waals surface area contributed by atoms with E-state index in [1.165, 1.54) is 18.2 Å². The highest BCUT2D eigenvalue weighted by Gasteiger charge is 2.54. The maximum absolute atomic E-state index is 11.8. The van der Waals surface area contributed by atoms with Crippen LogP contribution in [0, 0.1) is 5.41 Å². The Balaban J connectivity index is 2.65. The minimum absolute atomic E-state index is 0.0776. The summed E-state index contributed by atoms with van der Waals surface area (Å²) in [6.07, 6.45) is 5.64. The summed E-state index contributed by atoms with van der Waals surface area (Å²) in [6.45, 7) is 4.99. The third kappa shape index (κ3) is 1.48. The number of rotatable bonds is 1. The van der Waals surface area contributed by atoms with Crippen molar-refractivity contribution in [3.63, 3.8) is 0 Å². The van der Waals surface area contributed by atoms with Crippen molar-refractivity contribution < 1.29 is 24.9 Å². The van der Waals surface area contributed by atoms with Crippen LogP contribution in [-0.2, 0) is 9.59 Å². The van der Waals surface area contributed by atoms with E-state index in [0.29, 0.717) is 0 Å². The van der Waals surface area contributed by atoms with E-state index in [0.717, 1.165) is 0 Å².